The standard InChI is InChI=1S/C15H23N3O3/c1-12(15(20)21-2)10-18(14(19)13-4-5-13)8-3-7-17-9-6-16-11-17/h6,9,11-13H,3-5,7-8,10H2,1-2H3. The molecule has 1 aromatic heterocycles. The number of aryl methyl sites for hydroxylation is 1. The van der Waals surface area contributed by atoms with Crippen LogP contribution in [0.4, 0.5) is 0 Å². The monoisotopic (exact) mass is 293 g/mol. The van der Waals surface area contributed by atoms with E-state index in [2.05, 4.69) is 4.98 Å². The minimum atomic E-state index is -0.286. The Balaban J connectivity index is 1.85. The predicted octanol–water partition coefficient (Wildman–Crippen LogP) is 1.32. The average Bonchev–Trinajstić information content (AvgIpc) is 3.21. The summed E-state index contributed by atoms with van der Waals surface area (Å²) in [5.41, 5.74) is 0. The summed E-state index contributed by atoms with van der Waals surface area (Å²) in [4.78, 5) is 29.7. The van der Waals surface area contributed by atoms with Crippen molar-refractivity contribution in [3.8, 4) is 0 Å². The number of carbonyl (C=O) groups is 2. The van der Waals surface area contributed by atoms with Crippen LogP contribution in [0, 0.1) is 11.8 Å². The number of ether oxygens (including phenoxy) is 1. The van der Waals surface area contributed by atoms with Crippen LogP contribution in [0.3, 0.4) is 0 Å². The normalized spacial score (nSPS) is 15.5. The first-order valence-electron chi connectivity index (χ1n) is 7.44. The molecule has 2 rings (SSSR count). The van der Waals surface area contributed by atoms with Crippen molar-refractivity contribution in [2.24, 2.45) is 11.8 Å². The van der Waals surface area contributed by atoms with E-state index in [0.717, 1.165) is 25.8 Å². The molecule has 0 spiro atoms. The van der Waals surface area contributed by atoms with Gasteiger partial charge < -0.3 is 14.2 Å². The minimum absolute atomic E-state index is 0.170. The Morgan fingerprint density at radius 3 is 2.81 bits per heavy atom. The van der Waals surface area contributed by atoms with E-state index in [-0.39, 0.29) is 23.7 Å². The van der Waals surface area contributed by atoms with E-state index < -0.39 is 0 Å². The quantitative estimate of drug-likeness (QED) is 0.678. The van der Waals surface area contributed by atoms with Gasteiger partial charge in [-0.05, 0) is 19.3 Å². The molecule has 0 aromatic carbocycles. The molecular weight excluding hydrogens is 270 g/mol. The summed E-state index contributed by atoms with van der Waals surface area (Å²) in [6.45, 7) is 3.72. The fourth-order valence-corrected chi connectivity index (χ4v) is 2.35. The van der Waals surface area contributed by atoms with Crippen LogP contribution in [0.5, 0.6) is 0 Å². The lowest BCUT2D eigenvalue weighted by Crippen LogP contribution is -2.39. The second-order valence-electron chi connectivity index (χ2n) is 5.64. The van der Waals surface area contributed by atoms with Crippen molar-refractivity contribution in [1.82, 2.24) is 14.5 Å². The lowest BCUT2D eigenvalue weighted by molar-refractivity contribution is -0.146. The van der Waals surface area contributed by atoms with Crippen LogP contribution in [0.2, 0.25) is 0 Å². The molecule has 1 heterocycles. The molecule has 21 heavy (non-hydrogen) atoms. The van der Waals surface area contributed by atoms with Gasteiger partial charge in [-0.2, -0.15) is 0 Å². The highest BCUT2D eigenvalue weighted by atomic mass is 16.5. The number of carbonyl (C=O) groups excluding carboxylic acids is 2. The number of hydrogen-bond donors (Lipinski definition) is 0. The third kappa shape index (κ3) is 4.58. The molecule has 6 heteroatoms. The van der Waals surface area contributed by atoms with E-state index in [9.17, 15) is 9.59 Å². The molecule has 1 aromatic rings. The van der Waals surface area contributed by atoms with E-state index in [4.69, 9.17) is 4.74 Å². The van der Waals surface area contributed by atoms with E-state index in [1.54, 1.807) is 19.4 Å². The first-order chi connectivity index (χ1) is 10.1. The fraction of sp³-hybridized carbons (Fsp3) is 0.667. The fourth-order valence-electron chi connectivity index (χ4n) is 2.35. The zero-order valence-corrected chi connectivity index (χ0v) is 12.7. The van der Waals surface area contributed by atoms with Crippen LogP contribution in [0.1, 0.15) is 26.2 Å². The zero-order valence-electron chi connectivity index (χ0n) is 12.7. The van der Waals surface area contributed by atoms with Crippen LogP contribution >= 0.6 is 0 Å². The maximum Gasteiger partial charge on any atom is 0.310 e. The van der Waals surface area contributed by atoms with E-state index >= 15 is 0 Å². The number of methoxy groups -OCH3 is 1. The van der Waals surface area contributed by atoms with Crippen molar-refractivity contribution in [1.29, 1.82) is 0 Å². The van der Waals surface area contributed by atoms with Gasteiger partial charge in [-0.3, -0.25) is 9.59 Å². The smallest absolute Gasteiger partial charge is 0.310 e. The second kappa shape index (κ2) is 7.24. The highest BCUT2D eigenvalue weighted by molar-refractivity contribution is 5.82. The summed E-state index contributed by atoms with van der Waals surface area (Å²) in [6.07, 6.45) is 8.22. The van der Waals surface area contributed by atoms with Crippen molar-refractivity contribution in [2.75, 3.05) is 20.2 Å². The second-order valence-corrected chi connectivity index (χ2v) is 5.64. The molecule has 0 N–H and O–H groups in total. The van der Waals surface area contributed by atoms with Crippen molar-refractivity contribution < 1.29 is 14.3 Å². The Labute approximate surface area is 125 Å². The number of rotatable bonds is 8. The third-order valence-electron chi connectivity index (χ3n) is 3.74. The molecule has 1 amide bonds. The maximum atomic E-state index is 12.3. The topological polar surface area (TPSA) is 64.4 Å². The summed E-state index contributed by atoms with van der Waals surface area (Å²) in [6, 6.07) is 0. The van der Waals surface area contributed by atoms with Crippen molar-refractivity contribution in [3.05, 3.63) is 18.7 Å². The molecule has 0 bridgehead atoms. The molecule has 1 saturated carbocycles. The van der Waals surface area contributed by atoms with Gasteiger partial charge in [0.15, 0.2) is 0 Å². The number of aromatic nitrogens is 2. The summed E-state index contributed by atoms with van der Waals surface area (Å²) < 4.78 is 6.73. The Morgan fingerprint density at radius 1 is 1.48 bits per heavy atom. The Bertz CT molecular complexity index is 469. The molecule has 116 valence electrons. The molecule has 1 aliphatic rings. The van der Waals surface area contributed by atoms with Crippen LogP contribution in [0.25, 0.3) is 0 Å². The van der Waals surface area contributed by atoms with Gasteiger partial charge in [0.25, 0.3) is 0 Å². The van der Waals surface area contributed by atoms with Gasteiger partial charge in [-0.25, -0.2) is 4.98 Å². The van der Waals surface area contributed by atoms with Gasteiger partial charge in [0.1, 0.15) is 0 Å². The van der Waals surface area contributed by atoms with Gasteiger partial charge in [-0.15, -0.1) is 0 Å². The molecule has 1 fully saturated rings. The summed E-state index contributed by atoms with van der Waals surface area (Å²) in [5.74, 6) is -0.205. The van der Waals surface area contributed by atoms with Crippen molar-refractivity contribution in [2.45, 2.75) is 32.7 Å². The maximum absolute atomic E-state index is 12.3. The average molecular weight is 293 g/mol. The van der Waals surface area contributed by atoms with E-state index in [0.29, 0.717) is 13.1 Å². The molecule has 0 aliphatic heterocycles. The highest BCUT2D eigenvalue weighted by Gasteiger charge is 2.34. The number of amides is 1. The molecular formula is C15H23N3O3. The lowest BCUT2D eigenvalue weighted by atomic mass is 10.1. The van der Waals surface area contributed by atoms with Crippen LogP contribution in [0.15, 0.2) is 18.7 Å². The van der Waals surface area contributed by atoms with Gasteiger partial charge in [-0.1, -0.05) is 6.92 Å². The zero-order chi connectivity index (χ0) is 15.2. The first-order valence-corrected chi connectivity index (χ1v) is 7.44. The summed E-state index contributed by atoms with van der Waals surface area (Å²) in [7, 11) is 1.38. The number of esters is 1. The molecule has 1 unspecified atom stereocenters. The Kier molecular flexibility index (Phi) is 5.36. The van der Waals surface area contributed by atoms with Gasteiger partial charge in [0.05, 0.1) is 19.4 Å². The highest BCUT2D eigenvalue weighted by Crippen LogP contribution is 2.31. The molecule has 6 nitrogen and oxygen atoms in total. The molecule has 1 aliphatic carbocycles. The molecule has 0 saturated heterocycles. The van der Waals surface area contributed by atoms with E-state index in [1.807, 2.05) is 15.7 Å². The molecule has 1 atom stereocenters. The van der Waals surface area contributed by atoms with Crippen molar-refractivity contribution in [3.63, 3.8) is 0 Å². The molecule has 0 radical (unpaired) electrons. The predicted molar refractivity (Wildman–Crippen MR) is 77.3 cm³/mol. The number of nitrogens with zero attached hydrogens (tertiary/aromatic N) is 3. The SMILES string of the molecule is COC(=O)C(C)CN(CCCn1ccnc1)C(=O)C1CC1. The van der Waals surface area contributed by atoms with Crippen LogP contribution < -0.4 is 0 Å². The summed E-state index contributed by atoms with van der Waals surface area (Å²) >= 11 is 0. The first kappa shape index (κ1) is 15.5. The number of hydrogen-bond acceptors (Lipinski definition) is 4. The Morgan fingerprint density at radius 2 is 2.24 bits per heavy atom. The van der Waals surface area contributed by atoms with E-state index in [1.165, 1.54) is 7.11 Å². The third-order valence-corrected chi connectivity index (χ3v) is 3.74. The van der Waals surface area contributed by atoms with Gasteiger partial charge in [0.2, 0.25) is 5.91 Å². The van der Waals surface area contributed by atoms with Crippen molar-refractivity contribution >= 4 is 11.9 Å². The summed E-state index contributed by atoms with van der Waals surface area (Å²) in [5, 5.41) is 0. The van der Waals surface area contributed by atoms with Gasteiger partial charge in [0, 0.05) is 37.9 Å². The lowest BCUT2D eigenvalue weighted by Gasteiger charge is -2.25. The van der Waals surface area contributed by atoms with Gasteiger partial charge >= 0.3 is 5.97 Å². The largest absolute Gasteiger partial charge is 0.469 e. The number of imidazole rings is 1. The van der Waals surface area contributed by atoms with Crippen LogP contribution in [-0.4, -0.2) is 46.5 Å². The minimum Gasteiger partial charge on any atom is -0.469 e. The Hall–Kier alpha value is -1.85. The van der Waals surface area contributed by atoms with Crippen LogP contribution in [-0.2, 0) is 20.9 Å².